The summed E-state index contributed by atoms with van der Waals surface area (Å²) in [6, 6.07) is 18.5. The number of hydrogen-bond donors (Lipinski definition) is 1. The first-order valence-corrected chi connectivity index (χ1v) is 6.19. The van der Waals surface area contributed by atoms with Crippen LogP contribution >= 0.6 is 0 Å². The molecule has 2 aromatic carbocycles. The Labute approximate surface area is 108 Å². The molecule has 1 N–H and O–H groups in total. The van der Waals surface area contributed by atoms with Crippen molar-refractivity contribution in [1.29, 1.82) is 0 Å². The Balaban J connectivity index is 2.47. The van der Waals surface area contributed by atoms with Crippen LogP contribution < -0.4 is 0 Å². The van der Waals surface area contributed by atoms with Crippen molar-refractivity contribution in [2.45, 2.75) is 20.0 Å². The molecule has 2 aromatic rings. The molecule has 0 unspecified atom stereocenters. The Hall–Kier alpha value is -1.86. The van der Waals surface area contributed by atoms with Crippen molar-refractivity contribution >= 4 is 5.57 Å². The van der Waals surface area contributed by atoms with Crippen LogP contribution in [0.4, 0.5) is 0 Å². The van der Waals surface area contributed by atoms with Crippen LogP contribution in [0.5, 0.6) is 0 Å². The molecule has 1 atom stereocenters. The predicted octanol–water partition coefficient (Wildman–Crippen LogP) is 3.81. The van der Waals surface area contributed by atoms with Gasteiger partial charge in [0.05, 0.1) is 6.10 Å². The standard InChI is InChI=1S/C17H18O/c1-13-8-10-16(11-9-13)17(12-14(2)18)15-6-4-3-5-7-15/h3-12,14,18H,1-2H3/b17-12-/t14-/m0/s1. The molecular weight excluding hydrogens is 220 g/mol. The van der Waals surface area contributed by atoms with Crippen LogP contribution in [0, 0.1) is 6.92 Å². The van der Waals surface area contributed by atoms with E-state index in [1.54, 1.807) is 6.92 Å². The highest BCUT2D eigenvalue weighted by Crippen LogP contribution is 2.24. The molecule has 2 rings (SSSR count). The lowest BCUT2D eigenvalue weighted by atomic mass is 9.96. The van der Waals surface area contributed by atoms with E-state index in [2.05, 4.69) is 43.3 Å². The van der Waals surface area contributed by atoms with Gasteiger partial charge >= 0.3 is 0 Å². The van der Waals surface area contributed by atoms with Gasteiger partial charge in [-0.1, -0.05) is 60.2 Å². The lowest BCUT2D eigenvalue weighted by molar-refractivity contribution is 0.244. The number of hydrogen-bond acceptors (Lipinski definition) is 1. The number of aliphatic hydroxyl groups is 1. The zero-order chi connectivity index (χ0) is 13.0. The van der Waals surface area contributed by atoms with Gasteiger partial charge in [0.15, 0.2) is 0 Å². The Morgan fingerprint density at radius 1 is 0.944 bits per heavy atom. The highest BCUT2D eigenvalue weighted by Gasteiger charge is 2.05. The largest absolute Gasteiger partial charge is 0.389 e. The van der Waals surface area contributed by atoms with Gasteiger partial charge in [-0.05, 0) is 36.6 Å². The van der Waals surface area contributed by atoms with E-state index in [1.165, 1.54) is 5.56 Å². The second kappa shape index (κ2) is 5.65. The van der Waals surface area contributed by atoms with Crippen molar-refractivity contribution < 1.29 is 5.11 Å². The van der Waals surface area contributed by atoms with Crippen molar-refractivity contribution in [1.82, 2.24) is 0 Å². The fourth-order valence-corrected chi connectivity index (χ4v) is 1.95. The first-order valence-electron chi connectivity index (χ1n) is 6.19. The van der Waals surface area contributed by atoms with E-state index in [4.69, 9.17) is 0 Å². The van der Waals surface area contributed by atoms with Gasteiger partial charge in [-0.25, -0.2) is 0 Å². The Morgan fingerprint density at radius 2 is 1.50 bits per heavy atom. The summed E-state index contributed by atoms with van der Waals surface area (Å²) >= 11 is 0. The minimum Gasteiger partial charge on any atom is -0.389 e. The molecule has 1 heteroatoms. The molecule has 0 bridgehead atoms. The lowest BCUT2D eigenvalue weighted by Gasteiger charge is -2.10. The number of benzene rings is 2. The Morgan fingerprint density at radius 3 is 2.06 bits per heavy atom. The third-order valence-electron chi connectivity index (χ3n) is 2.86. The summed E-state index contributed by atoms with van der Waals surface area (Å²) in [5.74, 6) is 0. The van der Waals surface area contributed by atoms with E-state index < -0.39 is 6.10 Å². The summed E-state index contributed by atoms with van der Waals surface area (Å²) in [7, 11) is 0. The molecule has 0 fully saturated rings. The van der Waals surface area contributed by atoms with Gasteiger partial charge in [0.25, 0.3) is 0 Å². The first kappa shape index (κ1) is 12.6. The average molecular weight is 238 g/mol. The normalized spacial score (nSPS) is 13.4. The summed E-state index contributed by atoms with van der Waals surface area (Å²) in [4.78, 5) is 0. The number of aliphatic hydroxyl groups excluding tert-OH is 1. The Kier molecular flexibility index (Phi) is 3.96. The molecule has 92 valence electrons. The van der Waals surface area contributed by atoms with Crippen molar-refractivity contribution in [2.24, 2.45) is 0 Å². The second-order valence-electron chi connectivity index (χ2n) is 4.55. The van der Waals surface area contributed by atoms with E-state index in [0.717, 1.165) is 16.7 Å². The maximum Gasteiger partial charge on any atom is 0.0701 e. The van der Waals surface area contributed by atoms with Crippen molar-refractivity contribution in [2.75, 3.05) is 0 Å². The van der Waals surface area contributed by atoms with Crippen LogP contribution in [0.2, 0.25) is 0 Å². The first-order chi connectivity index (χ1) is 8.66. The molecule has 18 heavy (non-hydrogen) atoms. The van der Waals surface area contributed by atoms with Crippen LogP contribution in [0.15, 0.2) is 60.7 Å². The van der Waals surface area contributed by atoms with Crippen molar-refractivity contribution in [3.63, 3.8) is 0 Å². The van der Waals surface area contributed by atoms with Crippen LogP contribution in [0.1, 0.15) is 23.6 Å². The van der Waals surface area contributed by atoms with Crippen molar-refractivity contribution in [3.05, 3.63) is 77.4 Å². The minimum atomic E-state index is -0.457. The van der Waals surface area contributed by atoms with E-state index in [9.17, 15) is 5.11 Å². The highest BCUT2D eigenvalue weighted by atomic mass is 16.3. The molecule has 0 amide bonds. The maximum atomic E-state index is 9.62. The van der Waals surface area contributed by atoms with Crippen molar-refractivity contribution in [3.8, 4) is 0 Å². The fraction of sp³-hybridized carbons (Fsp3) is 0.176. The van der Waals surface area contributed by atoms with Gasteiger partial charge in [0.2, 0.25) is 0 Å². The topological polar surface area (TPSA) is 20.2 Å². The Bertz CT molecular complexity index is 521. The van der Waals surface area contributed by atoms with Gasteiger partial charge < -0.3 is 5.11 Å². The highest BCUT2D eigenvalue weighted by molar-refractivity contribution is 5.80. The third-order valence-corrected chi connectivity index (χ3v) is 2.86. The summed E-state index contributed by atoms with van der Waals surface area (Å²) in [6.45, 7) is 3.85. The molecule has 1 nitrogen and oxygen atoms in total. The number of aryl methyl sites for hydroxylation is 1. The van der Waals surface area contributed by atoms with Crippen LogP contribution in [0.25, 0.3) is 5.57 Å². The predicted molar refractivity (Wildman–Crippen MR) is 76.4 cm³/mol. The quantitative estimate of drug-likeness (QED) is 0.862. The van der Waals surface area contributed by atoms with E-state index >= 15 is 0 Å². The monoisotopic (exact) mass is 238 g/mol. The van der Waals surface area contributed by atoms with E-state index in [0.29, 0.717) is 0 Å². The maximum absolute atomic E-state index is 9.62. The summed E-state index contributed by atoms with van der Waals surface area (Å²) in [6.07, 6.45) is 1.43. The SMILES string of the molecule is Cc1ccc(/C(=C\[C@H](C)O)c2ccccc2)cc1. The molecule has 0 aliphatic carbocycles. The molecule has 0 aliphatic rings. The summed E-state index contributed by atoms with van der Waals surface area (Å²) < 4.78 is 0. The lowest BCUT2D eigenvalue weighted by Crippen LogP contribution is -1.97. The zero-order valence-corrected chi connectivity index (χ0v) is 10.8. The molecule has 0 aromatic heterocycles. The molecular formula is C17H18O. The minimum absolute atomic E-state index is 0.457. The molecule has 0 radical (unpaired) electrons. The molecule has 0 heterocycles. The van der Waals surface area contributed by atoms with Gasteiger partial charge in [0, 0.05) is 0 Å². The molecule has 0 saturated carbocycles. The van der Waals surface area contributed by atoms with Crippen LogP contribution in [-0.4, -0.2) is 11.2 Å². The molecule has 0 aliphatic heterocycles. The summed E-state index contributed by atoms with van der Waals surface area (Å²) in [5.41, 5.74) is 4.57. The fourth-order valence-electron chi connectivity index (χ4n) is 1.95. The van der Waals surface area contributed by atoms with Gasteiger partial charge in [-0.2, -0.15) is 0 Å². The molecule has 0 saturated heterocycles. The van der Waals surface area contributed by atoms with Crippen LogP contribution in [0.3, 0.4) is 0 Å². The number of rotatable bonds is 3. The van der Waals surface area contributed by atoms with Crippen LogP contribution in [-0.2, 0) is 0 Å². The zero-order valence-electron chi connectivity index (χ0n) is 10.8. The smallest absolute Gasteiger partial charge is 0.0701 e. The molecule has 0 spiro atoms. The third kappa shape index (κ3) is 3.08. The average Bonchev–Trinajstić information content (AvgIpc) is 2.38. The van der Waals surface area contributed by atoms with Gasteiger partial charge in [-0.15, -0.1) is 0 Å². The van der Waals surface area contributed by atoms with E-state index in [-0.39, 0.29) is 0 Å². The van der Waals surface area contributed by atoms with Gasteiger partial charge in [-0.3, -0.25) is 0 Å². The van der Waals surface area contributed by atoms with Gasteiger partial charge in [0.1, 0.15) is 0 Å². The summed E-state index contributed by atoms with van der Waals surface area (Å²) in [5, 5.41) is 9.62. The second-order valence-corrected chi connectivity index (χ2v) is 4.55. The van der Waals surface area contributed by atoms with E-state index in [1.807, 2.05) is 24.3 Å².